The minimum absolute atomic E-state index is 0.240. The molecule has 0 radical (unpaired) electrons. The van der Waals surface area contributed by atoms with Crippen LogP contribution >= 0.6 is 11.6 Å². The Bertz CT molecular complexity index is 924. The maximum absolute atomic E-state index is 13.2. The van der Waals surface area contributed by atoms with Gasteiger partial charge in [0.2, 0.25) is 5.88 Å². The molecule has 10 heteroatoms. The number of methoxy groups -OCH3 is 1. The van der Waals surface area contributed by atoms with Crippen LogP contribution in [-0.2, 0) is 15.5 Å². The third-order valence-corrected chi connectivity index (χ3v) is 6.41. The first-order valence-electron chi connectivity index (χ1n) is 8.55. The summed E-state index contributed by atoms with van der Waals surface area (Å²) in [5.74, 6) is 0.699. The molecule has 1 fully saturated rings. The Kier molecular flexibility index (Phi) is 5.18. The van der Waals surface area contributed by atoms with E-state index in [-0.39, 0.29) is 5.75 Å². The summed E-state index contributed by atoms with van der Waals surface area (Å²) in [7, 11) is 0.109. The zero-order valence-corrected chi connectivity index (χ0v) is 16.3. The van der Waals surface area contributed by atoms with Crippen LogP contribution in [0.25, 0.3) is 11.2 Å². The molecule has 4 heterocycles. The normalized spacial score (nSPS) is 24.4. The molecule has 0 spiro atoms. The topological polar surface area (TPSA) is 92.4 Å². The second-order valence-electron chi connectivity index (χ2n) is 6.23. The van der Waals surface area contributed by atoms with Crippen LogP contribution in [0.2, 0.25) is 0 Å². The smallest absolute Gasteiger partial charge is 0.215 e. The van der Waals surface area contributed by atoms with Gasteiger partial charge in [-0.15, -0.1) is 0 Å². The molecule has 0 aliphatic carbocycles. The van der Waals surface area contributed by atoms with Crippen LogP contribution in [0.1, 0.15) is 0 Å². The van der Waals surface area contributed by atoms with Crippen molar-refractivity contribution in [2.24, 2.45) is 0 Å². The van der Waals surface area contributed by atoms with Crippen LogP contribution in [0.5, 0.6) is 5.88 Å². The number of morpholine rings is 1. The summed E-state index contributed by atoms with van der Waals surface area (Å²) < 4.78 is 23.8. The molecule has 2 aromatic rings. The molecule has 2 unspecified atom stereocenters. The molecule has 2 N–H and O–H groups in total. The van der Waals surface area contributed by atoms with Gasteiger partial charge in [-0.3, -0.25) is 9.11 Å². The van der Waals surface area contributed by atoms with Gasteiger partial charge in [0, 0.05) is 19.2 Å². The van der Waals surface area contributed by atoms with Crippen LogP contribution in [-0.4, -0.2) is 68.9 Å². The summed E-state index contributed by atoms with van der Waals surface area (Å²) in [6.45, 7) is 2.61. The Balaban J connectivity index is 1.64. The van der Waals surface area contributed by atoms with Crippen molar-refractivity contribution < 1.29 is 13.7 Å². The number of hydrogen-bond acceptors (Lipinski definition) is 7. The van der Waals surface area contributed by atoms with Gasteiger partial charge in [-0.2, -0.15) is 4.98 Å². The van der Waals surface area contributed by atoms with Crippen LogP contribution < -0.4 is 10.1 Å². The Morgan fingerprint density at radius 3 is 2.93 bits per heavy atom. The van der Waals surface area contributed by atoms with Crippen LogP contribution in [0.15, 0.2) is 40.7 Å². The number of aromatic amines is 1. The number of halogens is 1. The maximum Gasteiger partial charge on any atom is 0.215 e. The van der Waals surface area contributed by atoms with Crippen LogP contribution in [0.4, 0.5) is 0 Å². The van der Waals surface area contributed by atoms with E-state index in [1.807, 2.05) is 18.4 Å². The molecule has 27 heavy (non-hydrogen) atoms. The zero-order valence-electron chi connectivity index (χ0n) is 14.8. The molecule has 2 atom stereocenters. The maximum atomic E-state index is 13.2. The molecular formula is C17H20ClN5O3S. The molecule has 144 valence electrons. The molecule has 0 aromatic carbocycles. The average Bonchev–Trinajstić information content (AvgIpc) is 3.14. The Morgan fingerprint density at radius 1 is 1.37 bits per heavy atom. The van der Waals surface area contributed by atoms with Gasteiger partial charge >= 0.3 is 0 Å². The van der Waals surface area contributed by atoms with Crippen molar-refractivity contribution in [3.05, 3.63) is 35.5 Å². The quantitative estimate of drug-likeness (QED) is 0.769. The first-order chi connectivity index (χ1) is 13.1. The van der Waals surface area contributed by atoms with E-state index in [1.54, 1.807) is 19.2 Å². The number of hydrogen-bond donors (Lipinski definition) is 2. The molecule has 4 rings (SSSR count). The second kappa shape index (κ2) is 7.59. The highest BCUT2D eigenvalue weighted by atomic mass is 35.5. The first kappa shape index (κ1) is 18.4. The van der Waals surface area contributed by atoms with Gasteiger partial charge in [0.05, 0.1) is 47.4 Å². The lowest BCUT2D eigenvalue weighted by atomic mass is 10.1. The minimum atomic E-state index is -1.44. The Morgan fingerprint density at radius 2 is 2.19 bits per heavy atom. The SMILES string of the molecule is COc1ccc2[nH]c(S(=O)CC3(N4CCOCC4)NC=CC=C3Cl)nc2n1. The number of imidazole rings is 1. The number of aromatic nitrogens is 3. The Hall–Kier alpha value is -1.94. The van der Waals surface area contributed by atoms with Crippen molar-refractivity contribution in [1.82, 2.24) is 25.2 Å². The second-order valence-corrected chi connectivity index (χ2v) is 8.01. The van der Waals surface area contributed by atoms with Gasteiger partial charge in [-0.05, 0) is 24.4 Å². The molecule has 2 aromatic heterocycles. The van der Waals surface area contributed by atoms with E-state index in [1.165, 1.54) is 0 Å². The first-order valence-corrected chi connectivity index (χ1v) is 10.2. The largest absolute Gasteiger partial charge is 0.481 e. The molecule has 0 bridgehead atoms. The summed E-state index contributed by atoms with van der Waals surface area (Å²) in [5.41, 5.74) is 0.420. The number of pyridine rings is 1. The summed E-state index contributed by atoms with van der Waals surface area (Å²) in [4.78, 5) is 13.9. The van der Waals surface area contributed by atoms with E-state index < -0.39 is 16.5 Å². The van der Waals surface area contributed by atoms with Gasteiger partial charge < -0.3 is 19.8 Å². The molecule has 8 nitrogen and oxygen atoms in total. The summed E-state index contributed by atoms with van der Waals surface area (Å²) in [5, 5.41) is 4.28. The number of dihydropyridines is 1. The van der Waals surface area contributed by atoms with Gasteiger partial charge in [-0.1, -0.05) is 11.6 Å². The number of ether oxygens (including phenoxy) is 2. The van der Waals surface area contributed by atoms with E-state index >= 15 is 0 Å². The molecule has 2 aliphatic heterocycles. The van der Waals surface area contributed by atoms with E-state index in [0.29, 0.717) is 53.5 Å². The van der Waals surface area contributed by atoms with Crippen molar-refractivity contribution in [3.8, 4) is 5.88 Å². The van der Waals surface area contributed by atoms with Gasteiger partial charge in [0.1, 0.15) is 5.66 Å². The lowest BCUT2D eigenvalue weighted by Crippen LogP contribution is -2.64. The number of nitrogens with zero attached hydrogens (tertiary/aromatic N) is 3. The van der Waals surface area contributed by atoms with Crippen molar-refractivity contribution in [1.29, 1.82) is 0 Å². The van der Waals surface area contributed by atoms with Crippen LogP contribution in [0, 0.1) is 0 Å². The van der Waals surface area contributed by atoms with Crippen LogP contribution in [0.3, 0.4) is 0 Å². The molecule has 0 saturated carbocycles. The number of nitrogens with one attached hydrogen (secondary N) is 2. The summed E-state index contributed by atoms with van der Waals surface area (Å²) >= 11 is 6.59. The molecule has 2 aliphatic rings. The van der Waals surface area contributed by atoms with Crippen molar-refractivity contribution >= 4 is 33.6 Å². The standard InChI is InChI=1S/C17H20ClN5O3S/c1-25-14-5-4-12-15(21-14)22-16(20-12)27(24)11-17(13(18)3-2-6-19-17)23-7-9-26-10-8-23/h2-6,19H,7-11H2,1H3,(H,20,21,22). The minimum Gasteiger partial charge on any atom is -0.481 e. The summed E-state index contributed by atoms with van der Waals surface area (Å²) in [6.07, 6.45) is 5.49. The van der Waals surface area contributed by atoms with Crippen molar-refractivity contribution in [2.75, 3.05) is 39.2 Å². The monoisotopic (exact) mass is 409 g/mol. The lowest BCUT2D eigenvalue weighted by Gasteiger charge is -2.46. The number of allylic oxidation sites excluding steroid dienone is 2. The number of rotatable bonds is 5. The third-order valence-electron chi connectivity index (χ3n) is 4.67. The van der Waals surface area contributed by atoms with Gasteiger partial charge in [0.15, 0.2) is 10.8 Å². The molecule has 1 saturated heterocycles. The average molecular weight is 410 g/mol. The van der Waals surface area contributed by atoms with Crippen molar-refractivity contribution in [3.63, 3.8) is 0 Å². The predicted molar refractivity (Wildman–Crippen MR) is 103 cm³/mol. The summed E-state index contributed by atoms with van der Waals surface area (Å²) in [6, 6.07) is 3.54. The highest BCUT2D eigenvalue weighted by molar-refractivity contribution is 7.84. The van der Waals surface area contributed by atoms with Gasteiger partial charge in [-0.25, -0.2) is 4.98 Å². The highest BCUT2D eigenvalue weighted by Gasteiger charge is 2.43. The fraction of sp³-hybridized carbons (Fsp3) is 0.412. The van der Waals surface area contributed by atoms with E-state index in [4.69, 9.17) is 21.1 Å². The van der Waals surface area contributed by atoms with E-state index in [9.17, 15) is 4.21 Å². The zero-order chi connectivity index (χ0) is 18.9. The van der Waals surface area contributed by atoms with Crippen molar-refractivity contribution in [2.45, 2.75) is 10.8 Å². The lowest BCUT2D eigenvalue weighted by molar-refractivity contribution is -0.00744. The molecule has 0 amide bonds. The number of H-pyrrole nitrogens is 1. The van der Waals surface area contributed by atoms with Gasteiger partial charge in [0.25, 0.3) is 0 Å². The van der Waals surface area contributed by atoms with E-state index in [0.717, 1.165) is 0 Å². The fourth-order valence-corrected chi connectivity index (χ4v) is 4.99. The Labute approximate surface area is 164 Å². The van der Waals surface area contributed by atoms with E-state index in [2.05, 4.69) is 25.2 Å². The highest BCUT2D eigenvalue weighted by Crippen LogP contribution is 2.31. The fourth-order valence-electron chi connectivity index (χ4n) is 3.25. The third kappa shape index (κ3) is 3.47. The number of fused-ring (bicyclic) bond motifs is 1. The molecular weight excluding hydrogens is 390 g/mol. The predicted octanol–water partition coefficient (Wildman–Crippen LogP) is 1.34.